The minimum atomic E-state index is 0.757. The van der Waals surface area contributed by atoms with E-state index < -0.39 is 0 Å². The molecule has 0 aromatic rings. The summed E-state index contributed by atoms with van der Waals surface area (Å²) in [6, 6.07) is 0.757. The van der Waals surface area contributed by atoms with Gasteiger partial charge in [-0.3, -0.25) is 0 Å². The van der Waals surface area contributed by atoms with E-state index in [2.05, 4.69) is 5.32 Å². The van der Waals surface area contributed by atoms with Gasteiger partial charge in [0, 0.05) is 18.5 Å². The predicted octanol–water partition coefficient (Wildman–Crippen LogP) is 0.738. The second-order valence-corrected chi connectivity index (χ2v) is 3.23. The van der Waals surface area contributed by atoms with Gasteiger partial charge in [0.25, 0.3) is 0 Å². The van der Waals surface area contributed by atoms with Gasteiger partial charge in [-0.05, 0) is 17.7 Å². The Morgan fingerprint density at radius 2 is 2.50 bits per heavy atom. The van der Waals surface area contributed by atoms with E-state index in [1.165, 1.54) is 17.7 Å². The van der Waals surface area contributed by atoms with Gasteiger partial charge < -0.3 is 5.32 Å². The van der Waals surface area contributed by atoms with E-state index in [1.807, 2.05) is 0 Å². The first-order valence-electron chi connectivity index (χ1n) is 3.12. The number of rotatable bonds is 0. The summed E-state index contributed by atoms with van der Waals surface area (Å²) in [5, 5.41) is 3.40. The van der Waals surface area contributed by atoms with Gasteiger partial charge in [-0.2, -0.15) is 0 Å². The van der Waals surface area contributed by atoms with Crippen molar-refractivity contribution in [1.82, 2.24) is 5.32 Å². The minimum Gasteiger partial charge on any atom is -0.313 e. The van der Waals surface area contributed by atoms with Crippen molar-refractivity contribution in [2.45, 2.75) is 18.9 Å². The molecule has 1 saturated heterocycles. The highest BCUT2D eigenvalue weighted by atomic mass is 32.1. The highest BCUT2D eigenvalue weighted by Crippen LogP contribution is 2.28. The Bertz CT molecular complexity index is 132. The van der Waals surface area contributed by atoms with Crippen LogP contribution in [0.5, 0.6) is 0 Å². The molecule has 2 rings (SSSR count). The minimum absolute atomic E-state index is 0.757. The van der Waals surface area contributed by atoms with E-state index in [0.717, 1.165) is 18.5 Å². The van der Waals surface area contributed by atoms with Gasteiger partial charge in [0.1, 0.15) is 0 Å². The molecule has 1 nitrogen and oxygen atoms in total. The Hall–Kier alpha value is 0.0500. The lowest BCUT2D eigenvalue weighted by atomic mass is 10.1. The monoisotopic (exact) mass is 127 g/mol. The van der Waals surface area contributed by atoms with Gasteiger partial charge in [0.15, 0.2) is 0 Å². The van der Waals surface area contributed by atoms with E-state index in [-0.39, 0.29) is 0 Å². The molecule has 44 valence electrons. The van der Waals surface area contributed by atoms with Crippen molar-refractivity contribution in [2.75, 3.05) is 6.54 Å². The smallest absolute Gasteiger partial charge is 0.0119 e. The second kappa shape index (κ2) is 1.52. The van der Waals surface area contributed by atoms with Gasteiger partial charge >= 0.3 is 0 Å². The average Bonchev–Trinajstić information content (AvgIpc) is 2.23. The molecule has 1 aliphatic carbocycles. The molecule has 0 aromatic heterocycles. The van der Waals surface area contributed by atoms with Crippen LogP contribution in [0.4, 0.5) is 0 Å². The normalized spacial score (nSPS) is 43.8. The predicted molar refractivity (Wildman–Crippen MR) is 37.1 cm³/mol. The lowest BCUT2D eigenvalue weighted by Crippen LogP contribution is -2.28. The van der Waals surface area contributed by atoms with Crippen molar-refractivity contribution in [3.63, 3.8) is 0 Å². The number of hydrogen-bond donors (Lipinski definition) is 1. The fourth-order valence-corrected chi connectivity index (χ4v) is 2.01. The van der Waals surface area contributed by atoms with E-state index in [9.17, 15) is 0 Å². The summed E-state index contributed by atoms with van der Waals surface area (Å²) < 4.78 is 0. The molecule has 1 aliphatic heterocycles. The maximum absolute atomic E-state index is 5.13. The van der Waals surface area contributed by atoms with Gasteiger partial charge in [-0.15, -0.1) is 0 Å². The molecule has 0 spiro atoms. The van der Waals surface area contributed by atoms with Crippen LogP contribution in [0.1, 0.15) is 12.8 Å². The molecule has 2 bridgehead atoms. The number of thiocarbonyl (C=S) groups is 1. The molecule has 1 N–H and O–H groups in total. The third kappa shape index (κ3) is 0.531. The van der Waals surface area contributed by atoms with Crippen molar-refractivity contribution in [3.05, 3.63) is 0 Å². The van der Waals surface area contributed by atoms with Crippen LogP contribution in [0, 0.1) is 5.92 Å². The van der Waals surface area contributed by atoms with Crippen molar-refractivity contribution in [1.29, 1.82) is 0 Å². The maximum atomic E-state index is 5.13. The van der Waals surface area contributed by atoms with Crippen LogP contribution in [-0.2, 0) is 0 Å². The van der Waals surface area contributed by atoms with Crippen LogP contribution < -0.4 is 5.32 Å². The first-order chi connectivity index (χ1) is 3.86. The van der Waals surface area contributed by atoms with Gasteiger partial charge in [-0.1, -0.05) is 12.2 Å². The fourth-order valence-electron chi connectivity index (χ4n) is 1.63. The molecule has 2 aliphatic rings. The molecule has 2 unspecified atom stereocenters. The Kier molecular flexibility index (Phi) is 0.925. The number of hydrogen-bond acceptors (Lipinski definition) is 2. The molecule has 1 saturated carbocycles. The van der Waals surface area contributed by atoms with Crippen molar-refractivity contribution in [3.8, 4) is 0 Å². The zero-order valence-corrected chi connectivity index (χ0v) is 5.50. The summed E-state index contributed by atoms with van der Waals surface area (Å²) in [6.45, 7) is 1.16. The molecule has 8 heavy (non-hydrogen) atoms. The lowest BCUT2D eigenvalue weighted by Gasteiger charge is -2.10. The maximum Gasteiger partial charge on any atom is 0.0119 e. The van der Waals surface area contributed by atoms with Gasteiger partial charge in [-0.25, -0.2) is 0 Å². The lowest BCUT2D eigenvalue weighted by molar-refractivity contribution is 0.637. The topological polar surface area (TPSA) is 12.0 Å². The largest absolute Gasteiger partial charge is 0.313 e. The Morgan fingerprint density at radius 3 is 2.75 bits per heavy atom. The second-order valence-electron chi connectivity index (χ2n) is 2.71. The molecule has 2 fully saturated rings. The average molecular weight is 127 g/mol. The van der Waals surface area contributed by atoms with E-state index in [0.29, 0.717) is 0 Å². The standard InChI is InChI=1S/C6H9NS/c8-6-2-5-1-4(6)3-7-5/h4-5,7H,1-3H2. The van der Waals surface area contributed by atoms with Crippen LogP contribution in [0.15, 0.2) is 0 Å². The van der Waals surface area contributed by atoms with Crippen LogP contribution in [0.2, 0.25) is 0 Å². The Labute approximate surface area is 54.5 Å². The fraction of sp³-hybridized carbons (Fsp3) is 0.833. The number of nitrogens with one attached hydrogen (secondary N) is 1. The SMILES string of the molecule is S=C1CC2CC1CN2. The molecule has 0 aromatic carbocycles. The number of piperidine rings is 1. The highest BCUT2D eigenvalue weighted by Gasteiger charge is 2.34. The molecule has 1 heterocycles. The van der Waals surface area contributed by atoms with Gasteiger partial charge in [0.2, 0.25) is 0 Å². The highest BCUT2D eigenvalue weighted by molar-refractivity contribution is 7.80. The van der Waals surface area contributed by atoms with Gasteiger partial charge in [0.05, 0.1) is 0 Å². The first kappa shape index (κ1) is 4.89. The molecule has 2 atom stereocenters. The van der Waals surface area contributed by atoms with Crippen molar-refractivity contribution >= 4 is 17.1 Å². The summed E-state index contributed by atoms with van der Waals surface area (Å²) in [6.07, 6.45) is 2.48. The molecule has 0 amide bonds. The van der Waals surface area contributed by atoms with E-state index >= 15 is 0 Å². The van der Waals surface area contributed by atoms with Crippen molar-refractivity contribution in [2.24, 2.45) is 5.92 Å². The summed E-state index contributed by atoms with van der Waals surface area (Å²) in [4.78, 5) is 1.31. The van der Waals surface area contributed by atoms with E-state index in [1.54, 1.807) is 0 Å². The first-order valence-corrected chi connectivity index (χ1v) is 3.53. The molecule has 0 radical (unpaired) electrons. The Balaban J connectivity index is 2.22. The third-order valence-corrected chi connectivity index (χ3v) is 2.62. The quantitative estimate of drug-likeness (QED) is 0.482. The van der Waals surface area contributed by atoms with Crippen molar-refractivity contribution < 1.29 is 0 Å². The zero-order chi connectivity index (χ0) is 5.56. The van der Waals surface area contributed by atoms with Crippen LogP contribution in [0.3, 0.4) is 0 Å². The zero-order valence-electron chi connectivity index (χ0n) is 4.68. The summed E-state index contributed by atoms with van der Waals surface area (Å²) in [5.74, 6) is 0.759. The molecule has 2 heteroatoms. The van der Waals surface area contributed by atoms with Crippen LogP contribution in [0.25, 0.3) is 0 Å². The molecular weight excluding hydrogens is 118 g/mol. The molecular formula is C6H9NS. The Morgan fingerprint density at radius 1 is 1.62 bits per heavy atom. The number of fused-ring (bicyclic) bond motifs is 2. The summed E-state index contributed by atoms with van der Waals surface area (Å²) in [5.41, 5.74) is 0. The van der Waals surface area contributed by atoms with Crippen LogP contribution in [-0.4, -0.2) is 17.5 Å². The summed E-state index contributed by atoms with van der Waals surface area (Å²) >= 11 is 5.13. The van der Waals surface area contributed by atoms with Crippen LogP contribution >= 0.6 is 12.2 Å². The van der Waals surface area contributed by atoms with E-state index in [4.69, 9.17) is 12.2 Å². The summed E-state index contributed by atoms with van der Waals surface area (Å²) in [7, 11) is 0. The third-order valence-electron chi connectivity index (χ3n) is 2.12.